The molecule has 1 aliphatic rings. The second kappa shape index (κ2) is 7.65. The van der Waals surface area contributed by atoms with Crippen LogP contribution >= 0.6 is 0 Å². The molecule has 25 heavy (non-hydrogen) atoms. The van der Waals surface area contributed by atoms with E-state index in [0.717, 1.165) is 10.9 Å². The summed E-state index contributed by atoms with van der Waals surface area (Å²) in [5.74, 6) is -0.0805. The smallest absolute Gasteiger partial charge is 0.275 e. The zero-order valence-corrected chi connectivity index (χ0v) is 14.7. The van der Waals surface area contributed by atoms with E-state index >= 15 is 0 Å². The van der Waals surface area contributed by atoms with Crippen molar-refractivity contribution in [2.24, 2.45) is 0 Å². The number of benzene rings is 1. The quantitative estimate of drug-likeness (QED) is 0.895. The van der Waals surface area contributed by atoms with Crippen LogP contribution in [0.5, 0.6) is 0 Å². The summed E-state index contributed by atoms with van der Waals surface area (Å²) >= 11 is 0. The van der Waals surface area contributed by atoms with Gasteiger partial charge >= 0.3 is 0 Å². The van der Waals surface area contributed by atoms with E-state index in [1.54, 1.807) is 9.80 Å². The minimum absolute atomic E-state index is 0.0154. The number of nitrogens with one attached hydrogen (secondary N) is 1. The Kier molecular flexibility index (Phi) is 5.33. The minimum Gasteiger partial charge on any atom is -0.369 e. The number of amides is 2. The summed E-state index contributed by atoms with van der Waals surface area (Å²) in [6, 6.07) is 7.58. The zero-order valence-electron chi connectivity index (χ0n) is 14.7. The molecule has 1 saturated heterocycles. The first-order chi connectivity index (χ1) is 12.2. The van der Waals surface area contributed by atoms with Gasteiger partial charge in [-0.25, -0.2) is 0 Å². The summed E-state index contributed by atoms with van der Waals surface area (Å²) in [5, 5.41) is 7.89. The van der Waals surface area contributed by atoms with Gasteiger partial charge in [-0.05, 0) is 19.4 Å². The number of hydrogen-bond donors (Lipinski definition) is 1. The first kappa shape index (κ1) is 17.4. The first-order valence-corrected chi connectivity index (χ1v) is 8.78. The standard InChI is InChI=1S/C18H24N4O3/c1-3-15(25-4-2)17(23)21-9-11-22(12-10-21)18(24)16-13-7-5-6-8-14(13)19-20-16/h5-8,15H,3-4,9-12H2,1-2H3,(H,19,20)/t15-/m0/s1. The van der Waals surface area contributed by atoms with Crippen LogP contribution in [0.4, 0.5) is 0 Å². The fraction of sp³-hybridized carbons (Fsp3) is 0.500. The highest BCUT2D eigenvalue weighted by Gasteiger charge is 2.30. The van der Waals surface area contributed by atoms with Crippen LogP contribution in [0.3, 0.4) is 0 Å². The van der Waals surface area contributed by atoms with E-state index < -0.39 is 0 Å². The lowest BCUT2D eigenvalue weighted by Crippen LogP contribution is -2.53. The van der Waals surface area contributed by atoms with Gasteiger partial charge in [0.05, 0.1) is 5.52 Å². The third-order valence-electron chi connectivity index (χ3n) is 4.57. The van der Waals surface area contributed by atoms with E-state index in [0.29, 0.717) is 44.9 Å². The van der Waals surface area contributed by atoms with E-state index in [9.17, 15) is 9.59 Å². The third kappa shape index (κ3) is 3.51. The molecule has 1 aromatic heterocycles. The van der Waals surface area contributed by atoms with Crippen molar-refractivity contribution in [3.05, 3.63) is 30.0 Å². The highest BCUT2D eigenvalue weighted by molar-refractivity contribution is 6.04. The predicted molar refractivity (Wildman–Crippen MR) is 94.3 cm³/mol. The van der Waals surface area contributed by atoms with Crippen LogP contribution < -0.4 is 0 Å². The first-order valence-electron chi connectivity index (χ1n) is 8.78. The molecule has 0 radical (unpaired) electrons. The Bertz CT molecular complexity index is 750. The van der Waals surface area contributed by atoms with Crippen LogP contribution in [0, 0.1) is 0 Å². The number of rotatable bonds is 5. The van der Waals surface area contributed by atoms with Crippen LogP contribution in [0.2, 0.25) is 0 Å². The maximum atomic E-state index is 12.8. The summed E-state index contributed by atoms with van der Waals surface area (Å²) < 4.78 is 5.50. The van der Waals surface area contributed by atoms with Crippen LogP contribution in [0.1, 0.15) is 30.8 Å². The van der Waals surface area contributed by atoms with Gasteiger partial charge in [-0.15, -0.1) is 0 Å². The Morgan fingerprint density at radius 2 is 1.84 bits per heavy atom. The lowest BCUT2D eigenvalue weighted by atomic mass is 10.1. The molecule has 3 rings (SSSR count). The zero-order chi connectivity index (χ0) is 17.8. The maximum Gasteiger partial charge on any atom is 0.275 e. The molecule has 1 aliphatic heterocycles. The Balaban J connectivity index is 1.64. The lowest BCUT2D eigenvalue weighted by Gasteiger charge is -2.36. The topological polar surface area (TPSA) is 78.5 Å². The van der Waals surface area contributed by atoms with Crippen molar-refractivity contribution in [3.63, 3.8) is 0 Å². The molecule has 7 nitrogen and oxygen atoms in total. The molecule has 2 heterocycles. The summed E-state index contributed by atoms with van der Waals surface area (Å²) in [5.41, 5.74) is 1.29. The van der Waals surface area contributed by atoms with E-state index in [2.05, 4.69) is 10.2 Å². The average molecular weight is 344 g/mol. The fourth-order valence-corrected chi connectivity index (χ4v) is 3.17. The molecule has 1 fully saturated rings. The number of ether oxygens (including phenoxy) is 1. The normalized spacial score (nSPS) is 16.2. The van der Waals surface area contributed by atoms with Gasteiger partial charge in [0.25, 0.3) is 11.8 Å². The van der Waals surface area contributed by atoms with Crippen molar-refractivity contribution in [2.75, 3.05) is 32.8 Å². The number of carbonyl (C=O) groups excluding carboxylic acids is 2. The van der Waals surface area contributed by atoms with Crippen molar-refractivity contribution in [2.45, 2.75) is 26.4 Å². The number of carbonyl (C=O) groups is 2. The number of nitrogens with zero attached hydrogens (tertiary/aromatic N) is 3. The lowest BCUT2D eigenvalue weighted by molar-refractivity contribution is -0.145. The molecule has 0 bridgehead atoms. The predicted octanol–water partition coefficient (Wildman–Crippen LogP) is 1.66. The van der Waals surface area contributed by atoms with E-state index in [1.807, 2.05) is 38.1 Å². The molecule has 7 heteroatoms. The summed E-state index contributed by atoms with van der Waals surface area (Å²) in [6.45, 7) is 6.42. The summed E-state index contributed by atoms with van der Waals surface area (Å²) in [6.07, 6.45) is 0.271. The molecular weight excluding hydrogens is 320 g/mol. The van der Waals surface area contributed by atoms with Gasteiger partial charge in [0.15, 0.2) is 5.69 Å². The average Bonchev–Trinajstić information content (AvgIpc) is 3.09. The Labute approximate surface area is 146 Å². The largest absolute Gasteiger partial charge is 0.369 e. The molecule has 0 aliphatic carbocycles. The van der Waals surface area contributed by atoms with Gasteiger partial charge in [0.1, 0.15) is 6.10 Å². The van der Waals surface area contributed by atoms with Crippen molar-refractivity contribution < 1.29 is 14.3 Å². The van der Waals surface area contributed by atoms with E-state index in [4.69, 9.17) is 4.74 Å². The Hall–Kier alpha value is -2.41. The van der Waals surface area contributed by atoms with Crippen molar-refractivity contribution >= 4 is 22.7 Å². The highest BCUT2D eigenvalue weighted by atomic mass is 16.5. The monoisotopic (exact) mass is 344 g/mol. The van der Waals surface area contributed by atoms with Gasteiger partial charge in [-0.3, -0.25) is 14.7 Å². The summed E-state index contributed by atoms with van der Waals surface area (Å²) in [7, 11) is 0. The number of hydrogen-bond acceptors (Lipinski definition) is 4. The molecule has 2 amide bonds. The third-order valence-corrected chi connectivity index (χ3v) is 4.57. The van der Waals surface area contributed by atoms with Gasteiger partial charge < -0.3 is 14.5 Å². The number of piperazine rings is 1. The molecule has 0 unspecified atom stereocenters. The SMILES string of the molecule is CCO[C@@H](CC)C(=O)N1CCN(C(=O)c2n[nH]c3ccccc23)CC1. The highest BCUT2D eigenvalue weighted by Crippen LogP contribution is 2.18. The number of aromatic amines is 1. The maximum absolute atomic E-state index is 12.8. The second-order valence-electron chi connectivity index (χ2n) is 6.09. The molecular formula is C18H24N4O3. The summed E-state index contributed by atoms with van der Waals surface area (Å²) in [4.78, 5) is 28.8. The molecule has 1 aromatic carbocycles. The van der Waals surface area contributed by atoms with E-state index in [-0.39, 0.29) is 17.9 Å². The van der Waals surface area contributed by atoms with Gasteiger partial charge in [0, 0.05) is 38.2 Å². The fourth-order valence-electron chi connectivity index (χ4n) is 3.17. The van der Waals surface area contributed by atoms with Gasteiger partial charge in [-0.2, -0.15) is 5.10 Å². The molecule has 1 N–H and O–H groups in total. The van der Waals surface area contributed by atoms with Crippen LogP contribution in [0.25, 0.3) is 10.9 Å². The van der Waals surface area contributed by atoms with Crippen LogP contribution in [0.15, 0.2) is 24.3 Å². The number of para-hydroxylation sites is 1. The number of aromatic nitrogens is 2. The van der Waals surface area contributed by atoms with Crippen molar-refractivity contribution in [1.29, 1.82) is 0 Å². The molecule has 2 aromatic rings. The number of H-pyrrole nitrogens is 1. The van der Waals surface area contributed by atoms with E-state index in [1.165, 1.54) is 0 Å². The second-order valence-corrected chi connectivity index (χ2v) is 6.09. The van der Waals surface area contributed by atoms with Crippen molar-refractivity contribution in [1.82, 2.24) is 20.0 Å². The molecule has 0 saturated carbocycles. The van der Waals surface area contributed by atoms with Crippen molar-refractivity contribution in [3.8, 4) is 0 Å². The number of fused-ring (bicyclic) bond motifs is 1. The Morgan fingerprint density at radius 1 is 1.16 bits per heavy atom. The minimum atomic E-state index is -0.387. The van der Waals surface area contributed by atoms with Crippen LogP contribution in [-0.2, 0) is 9.53 Å². The molecule has 0 spiro atoms. The Morgan fingerprint density at radius 3 is 2.52 bits per heavy atom. The van der Waals surface area contributed by atoms with Gasteiger partial charge in [0.2, 0.25) is 0 Å². The molecule has 134 valence electrons. The van der Waals surface area contributed by atoms with Gasteiger partial charge in [-0.1, -0.05) is 25.1 Å². The van der Waals surface area contributed by atoms with Crippen LogP contribution in [-0.4, -0.2) is 70.7 Å². The molecule has 1 atom stereocenters.